The Bertz CT molecular complexity index is 835. The maximum atomic E-state index is 12.7. The number of carbonyl (C=O) groups excluding carboxylic acids is 1. The van der Waals surface area contributed by atoms with Gasteiger partial charge in [-0.2, -0.15) is 0 Å². The van der Waals surface area contributed by atoms with Gasteiger partial charge in [-0.15, -0.1) is 0 Å². The quantitative estimate of drug-likeness (QED) is 0.749. The number of rotatable bonds is 7. The van der Waals surface area contributed by atoms with Gasteiger partial charge in [-0.1, -0.05) is 17.3 Å². The van der Waals surface area contributed by atoms with E-state index in [1.807, 2.05) is 6.92 Å². The first-order chi connectivity index (χ1) is 13.4. The van der Waals surface area contributed by atoms with Gasteiger partial charge < -0.3 is 24.4 Å². The molecule has 8 nitrogen and oxygen atoms in total. The molecule has 1 aromatic heterocycles. The summed E-state index contributed by atoms with van der Waals surface area (Å²) in [4.78, 5) is 24.5. The number of nitrogens with zero attached hydrogens (tertiary/aromatic N) is 1. The summed E-state index contributed by atoms with van der Waals surface area (Å²) in [6, 6.07) is 6.86. The summed E-state index contributed by atoms with van der Waals surface area (Å²) in [7, 11) is 0. The average molecular weight is 388 g/mol. The van der Waals surface area contributed by atoms with Crippen LogP contribution in [0.3, 0.4) is 0 Å². The van der Waals surface area contributed by atoms with Gasteiger partial charge in [0.25, 0.3) is 5.91 Å². The molecule has 28 heavy (non-hydrogen) atoms. The lowest BCUT2D eigenvalue weighted by atomic mass is 9.80. The van der Waals surface area contributed by atoms with E-state index in [9.17, 15) is 14.7 Å². The minimum Gasteiger partial charge on any atom is -0.488 e. The Kier molecular flexibility index (Phi) is 5.99. The van der Waals surface area contributed by atoms with E-state index < -0.39 is 11.4 Å². The van der Waals surface area contributed by atoms with E-state index in [1.165, 1.54) is 0 Å². The molecule has 0 unspecified atom stereocenters. The van der Waals surface area contributed by atoms with E-state index in [0.29, 0.717) is 43.1 Å². The van der Waals surface area contributed by atoms with Gasteiger partial charge in [0.2, 0.25) is 0 Å². The molecule has 0 radical (unpaired) electrons. The number of carbonyl (C=O) groups is 2. The molecule has 0 atom stereocenters. The lowest BCUT2D eigenvalue weighted by molar-refractivity contribution is -0.154. The van der Waals surface area contributed by atoms with Gasteiger partial charge in [-0.25, -0.2) is 0 Å². The Balaban J connectivity index is 1.69. The van der Waals surface area contributed by atoms with Crippen LogP contribution in [0.15, 0.2) is 28.8 Å². The predicted molar refractivity (Wildman–Crippen MR) is 99.2 cm³/mol. The monoisotopic (exact) mass is 388 g/mol. The SMILES string of the molecule is Cc1noc(C)c1COc1ccccc1C(=O)NCC1(C(=O)O)CCOCC1. The highest BCUT2D eigenvalue weighted by Gasteiger charge is 2.40. The Morgan fingerprint density at radius 3 is 2.61 bits per heavy atom. The maximum absolute atomic E-state index is 12.7. The normalized spacial score (nSPS) is 15.8. The number of aromatic nitrogens is 1. The van der Waals surface area contributed by atoms with E-state index in [4.69, 9.17) is 14.0 Å². The molecule has 2 heterocycles. The van der Waals surface area contributed by atoms with Crippen molar-refractivity contribution >= 4 is 11.9 Å². The van der Waals surface area contributed by atoms with Crippen molar-refractivity contribution in [1.82, 2.24) is 10.5 Å². The van der Waals surface area contributed by atoms with Crippen molar-refractivity contribution in [2.45, 2.75) is 33.3 Å². The lowest BCUT2D eigenvalue weighted by Crippen LogP contribution is -2.46. The number of para-hydroxylation sites is 1. The highest BCUT2D eigenvalue weighted by Crippen LogP contribution is 2.30. The zero-order valence-corrected chi connectivity index (χ0v) is 16.0. The van der Waals surface area contributed by atoms with Crippen molar-refractivity contribution < 1.29 is 28.7 Å². The number of amides is 1. The predicted octanol–water partition coefficient (Wildman–Crippen LogP) is 2.48. The van der Waals surface area contributed by atoms with Crippen LogP contribution in [0.4, 0.5) is 0 Å². The zero-order chi connectivity index (χ0) is 20.1. The molecule has 0 saturated carbocycles. The summed E-state index contributed by atoms with van der Waals surface area (Å²) in [5.74, 6) is -0.209. The second-order valence-electron chi connectivity index (χ2n) is 6.97. The van der Waals surface area contributed by atoms with Gasteiger partial charge in [0.1, 0.15) is 18.1 Å². The van der Waals surface area contributed by atoms with Crippen LogP contribution in [-0.2, 0) is 16.1 Å². The number of hydrogen-bond donors (Lipinski definition) is 2. The molecular weight excluding hydrogens is 364 g/mol. The smallest absolute Gasteiger partial charge is 0.311 e. The number of benzene rings is 1. The van der Waals surface area contributed by atoms with E-state index >= 15 is 0 Å². The van der Waals surface area contributed by atoms with Crippen LogP contribution < -0.4 is 10.1 Å². The second-order valence-corrected chi connectivity index (χ2v) is 6.97. The molecule has 1 saturated heterocycles. The average Bonchev–Trinajstić information content (AvgIpc) is 3.03. The molecule has 0 spiro atoms. The fraction of sp³-hybridized carbons (Fsp3) is 0.450. The van der Waals surface area contributed by atoms with E-state index in [0.717, 1.165) is 11.3 Å². The van der Waals surface area contributed by atoms with Crippen LogP contribution in [0.2, 0.25) is 0 Å². The molecule has 3 rings (SSSR count). The van der Waals surface area contributed by atoms with Crippen molar-refractivity contribution in [3.8, 4) is 5.75 Å². The molecule has 0 aliphatic carbocycles. The van der Waals surface area contributed by atoms with Crippen LogP contribution in [-0.4, -0.2) is 41.9 Å². The molecule has 2 N–H and O–H groups in total. The van der Waals surface area contributed by atoms with Crippen molar-refractivity contribution in [3.05, 3.63) is 46.8 Å². The third-order valence-electron chi connectivity index (χ3n) is 5.18. The van der Waals surface area contributed by atoms with Crippen molar-refractivity contribution in [2.75, 3.05) is 19.8 Å². The molecule has 150 valence electrons. The molecule has 1 aromatic carbocycles. The maximum Gasteiger partial charge on any atom is 0.311 e. The number of aryl methyl sites for hydroxylation is 2. The Morgan fingerprint density at radius 1 is 1.25 bits per heavy atom. The summed E-state index contributed by atoms with van der Waals surface area (Å²) >= 11 is 0. The summed E-state index contributed by atoms with van der Waals surface area (Å²) in [6.07, 6.45) is 0.736. The fourth-order valence-electron chi connectivity index (χ4n) is 3.21. The summed E-state index contributed by atoms with van der Waals surface area (Å²) in [6.45, 7) is 4.65. The molecule has 2 aromatic rings. The number of nitrogens with one attached hydrogen (secondary N) is 1. The molecule has 1 aliphatic heterocycles. The first-order valence-electron chi connectivity index (χ1n) is 9.16. The highest BCUT2D eigenvalue weighted by molar-refractivity contribution is 5.97. The third-order valence-corrected chi connectivity index (χ3v) is 5.18. The molecular formula is C20H24N2O6. The second kappa shape index (κ2) is 8.43. The fourth-order valence-corrected chi connectivity index (χ4v) is 3.21. The number of carboxylic acid groups (broad SMARTS) is 1. The van der Waals surface area contributed by atoms with Gasteiger partial charge in [-0.05, 0) is 38.8 Å². The lowest BCUT2D eigenvalue weighted by Gasteiger charge is -2.33. The number of aliphatic carboxylic acids is 1. The Morgan fingerprint density at radius 2 is 1.96 bits per heavy atom. The van der Waals surface area contributed by atoms with Crippen LogP contribution in [0.1, 0.15) is 40.2 Å². The summed E-state index contributed by atoms with van der Waals surface area (Å²) in [5, 5.41) is 16.3. The van der Waals surface area contributed by atoms with Crippen LogP contribution in [0.5, 0.6) is 5.75 Å². The van der Waals surface area contributed by atoms with E-state index in [2.05, 4.69) is 10.5 Å². The Hall–Kier alpha value is -2.87. The highest BCUT2D eigenvalue weighted by atomic mass is 16.5. The van der Waals surface area contributed by atoms with Crippen LogP contribution in [0, 0.1) is 19.3 Å². The van der Waals surface area contributed by atoms with Gasteiger partial charge >= 0.3 is 5.97 Å². The zero-order valence-electron chi connectivity index (χ0n) is 16.0. The van der Waals surface area contributed by atoms with Gasteiger partial charge in [0.05, 0.1) is 22.2 Å². The van der Waals surface area contributed by atoms with Crippen molar-refractivity contribution in [2.24, 2.45) is 5.41 Å². The summed E-state index contributed by atoms with van der Waals surface area (Å²) in [5.41, 5.74) is 0.923. The molecule has 8 heteroatoms. The van der Waals surface area contributed by atoms with E-state index in [1.54, 1.807) is 31.2 Å². The van der Waals surface area contributed by atoms with Gasteiger partial charge in [0, 0.05) is 19.8 Å². The summed E-state index contributed by atoms with van der Waals surface area (Å²) < 4.78 is 16.2. The largest absolute Gasteiger partial charge is 0.488 e. The number of hydrogen-bond acceptors (Lipinski definition) is 6. The van der Waals surface area contributed by atoms with E-state index in [-0.39, 0.29) is 19.1 Å². The van der Waals surface area contributed by atoms with Gasteiger partial charge in [0.15, 0.2) is 0 Å². The topological polar surface area (TPSA) is 111 Å². The minimum atomic E-state index is -1.000. The van der Waals surface area contributed by atoms with Crippen LogP contribution in [0.25, 0.3) is 0 Å². The molecule has 1 amide bonds. The standard InChI is InChI=1S/C20H24N2O6/c1-13-16(14(2)28-22-13)11-27-17-6-4-3-5-15(17)18(23)21-12-20(19(24)25)7-9-26-10-8-20/h3-6H,7-12H2,1-2H3,(H,21,23)(H,24,25). The van der Waals surface area contributed by atoms with Crippen molar-refractivity contribution in [1.29, 1.82) is 0 Å². The number of carboxylic acids is 1. The Labute approximate surface area is 162 Å². The number of ether oxygens (including phenoxy) is 2. The first kappa shape index (κ1) is 19.9. The van der Waals surface area contributed by atoms with Crippen LogP contribution >= 0.6 is 0 Å². The minimum absolute atomic E-state index is 0.0444. The van der Waals surface area contributed by atoms with Crippen molar-refractivity contribution in [3.63, 3.8) is 0 Å². The molecule has 0 bridgehead atoms. The molecule has 1 aliphatic rings. The first-order valence-corrected chi connectivity index (χ1v) is 9.16. The van der Waals surface area contributed by atoms with Gasteiger partial charge in [-0.3, -0.25) is 9.59 Å². The third kappa shape index (κ3) is 4.17. The molecule has 1 fully saturated rings.